The smallest absolute Gasteiger partial charge is 0.258 e. The van der Waals surface area contributed by atoms with Crippen molar-refractivity contribution < 1.29 is 28.9 Å². The largest absolute Gasteiger partial charge is 0.344 e. The molecule has 3 rings (SSSR count). The fraction of sp³-hybridized carbons (Fsp3) is 0.0625. The molecule has 0 spiro atoms. The molecule has 0 atom stereocenters. The average molecular weight is 353 g/mol. The molecule has 0 amide bonds. The molecule has 5 nitrogen and oxygen atoms in total. The van der Waals surface area contributed by atoms with Gasteiger partial charge in [0.25, 0.3) is 7.11 Å². The van der Waals surface area contributed by atoms with Gasteiger partial charge in [0.2, 0.25) is 0 Å². The minimum Gasteiger partial charge on any atom is -0.258 e. The minimum absolute atomic E-state index is 0.906. The maximum Gasteiger partial charge on any atom is 0.344 e. The highest BCUT2D eigenvalue weighted by molar-refractivity contribution is 7.18. The Morgan fingerprint density at radius 1 is 0.783 bits per heavy atom. The molecular formula is C16H13ClO5S. The van der Waals surface area contributed by atoms with Crippen LogP contribution in [0.2, 0.25) is 0 Å². The Morgan fingerprint density at radius 3 is 1.96 bits per heavy atom. The van der Waals surface area contributed by atoms with E-state index in [-0.39, 0.29) is 0 Å². The first-order valence-electron chi connectivity index (χ1n) is 6.45. The van der Waals surface area contributed by atoms with Crippen LogP contribution in [0, 0.1) is 10.2 Å². The Bertz CT molecular complexity index is 789. The molecule has 2 aliphatic rings. The average Bonchev–Trinajstić information content (AvgIpc) is 2.53. The molecule has 0 radical (unpaired) electrons. The van der Waals surface area contributed by atoms with E-state index in [1.54, 1.807) is 18.4 Å². The van der Waals surface area contributed by atoms with Crippen LogP contribution in [0.4, 0.5) is 0 Å². The molecule has 0 saturated carbocycles. The van der Waals surface area contributed by atoms with E-state index in [4.69, 9.17) is 23.1 Å². The van der Waals surface area contributed by atoms with Gasteiger partial charge in [0, 0.05) is 15.8 Å². The number of hydrogen-bond donors (Lipinski definition) is 0. The maximum absolute atomic E-state index is 8.49. The highest BCUT2D eigenvalue weighted by atomic mass is 35.7. The van der Waals surface area contributed by atoms with Crippen LogP contribution in [0.15, 0.2) is 65.1 Å². The molecular weight excluding hydrogens is 340 g/mol. The lowest BCUT2D eigenvalue weighted by molar-refractivity contribution is -2.00. The molecule has 1 aromatic rings. The summed E-state index contributed by atoms with van der Waals surface area (Å²) in [5, 5.41) is 0. The standard InChI is InChI=1S/C16H13OS.ClHO4/c1-17-14-9-7-13-8-10-15(18-16(13)11-14)12-5-3-2-4-6-12;2-1(3,4)5/h2-11H,1H3;(H,2,3,4,5)/q+1;/p-1. The van der Waals surface area contributed by atoms with Gasteiger partial charge in [0.15, 0.2) is 0 Å². The first-order chi connectivity index (χ1) is 10.9. The van der Waals surface area contributed by atoms with E-state index in [0.29, 0.717) is 0 Å². The topological polar surface area (TPSA) is 104 Å². The molecule has 0 saturated heterocycles. The number of halogens is 1. The van der Waals surface area contributed by atoms with E-state index in [1.165, 1.54) is 20.9 Å². The number of rotatable bonds is 1. The lowest BCUT2D eigenvalue weighted by Crippen LogP contribution is -2.68. The van der Waals surface area contributed by atoms with Gasteiger partial charge < -0.3 is 0 Å². The third-order valence-corrected chi connectivity index (χ3v) is 4.08. The Hall–Kier alpha value is -1.80. The monoisotopic (exact) mass is 352 g/mol. The van der Waals surface area contributed by atoms with Gasteiger partial charge in [-0.3, -0.25) is 4.42 Å². The van der Waals surface area contributed by atoms with Gasteiger partial charge in [-0.2, -0.15) is 0 Å². The molecule has 0 fully saturated rings. The predicted molar refractivity (Wildman–Crippen MR) is 78.6 cm³/mol. The molecule has 23 heavy (non-hydrogen) atoms. The van der Waals surface area contributed by atoms with Crippen LogP contribution < -0.4 is 24.1 Å². The van der Waals surface area contributed by atoms with Gasteiger partial charge in [-0.05, 0) is 23.3 Å². The van der Waals surface area contributed by atoms with Crippen molar-refractivity contribution >= 4 is 11.3 Å². The lowest BCUT2D eigenvalue weighted by atomic mass is 10.1. The van der Waals surface area contributed by atoms with Crippen molar-refractivity contribution in [2.24, 2.45) is 0 Å². The molecule has 1 aromatic carbocycles. The minimum atomic E-state index is -4.94. The van der Waals surface area contributed by atoms with Gasteiger partial charge in [0.1, 0.15) is 0 Å². The van der Waals surface area contributed by atoms with E-state index in [2.05, 4.69) is 48.5 Å². The van der Waals surface area contributed by atoms with Crippen molar-refractivity contribution in [2.45, 2.75) is 0 Å². The summed E-state index contributed by atoms with van der Waals surface area (Å²) in [6.45, 7) is 0. The Kier molecular flexibility index (Phi) is 5.84. The lowest BCUT2D eigenvalue weighted by Gasteiger charge is -2.17. The van der Waals surface area contributed by atoms with E-state index in [1.807, 2.05) is 12.1 Å². The Labute approximate surface area is 139 Å². The second-order valence-corrected chi connectivity index (χ2v) is 6.29. The van der Waals surface area contributed by atoms with Crippen LogP contribution in [-0.2, 0) is 0 Å². The van der Waals surface area contributed by atoms with E-state index in [0.717, 1.165) is 5.43 Å². The third kappa shape index (κ3) is 5.72. The van der Waals surface area contributed by atoms with Gasteiger partial charge in [-0.15, -0.1) is 21.6 Å². The highest BCUT2D eigenvalue weighted by Crippen LogP contribution is 2.33. The van der Waals surface area contributed by atoms with Crippen LogP contribution >= 0.6 is 11.3 Å². The number of benzene rings is 2. The summed E-state index contributed by atoms with van der Waals surface area (Å²) in [4.78, 5) is 2.52. The second kappa shape index (κ2) is 7.65. The van der Waals surface area contributed by atoms with E-state index < -0.39 is 10.2 Å². The van der Waals surface area contributed by atoms with Crippen molar-refractivity contribution in [2.75, 3.05) is 7.11 Å². The zero-order valence-electron chi connectivity index (χ0n) is 12.1. The molecule has 1 heterocycles. The molecule has 1 aliphatic heterocycles. The van der Waals surface area contributed by atoms with Gasteiger partial charge in [-0.1, -0.05) is 36.4 Å². The van der Waals surface area contributed by atoms with E-state index >= 15 is 0 Å². The van der Waals surface area contributed by atoms with Crippen molar-refractivity contribution in [3.05, 3.63) is 70.5 Å². The van der Waals surface area contributed by atoms with E-state index in [9.17, 15) is 0 Å². The van der Waals surface area contributed by atoms with Crippen molar-refractivity contribution in [3.63, 3.8) is 0 Å². The molecule has 120 valence electrons. The van der Waals surface area contributed by atoms with Crippen LogP contribution in [0.3, 0.4) is 0 Å². The summed E-state index contributed by atoms with van der Waals surface area (Å²) in [6.07, 6.45) is 0. The molecule has 0 unspecified atom stereocenters. The number of fused-ring (bicyclic) bond motifs is 1. The Morgan fingerprint density at radius 2 is 1.35 bits per heavy atom. The maximum atomic E-state index is 8.49. The highest BCUT2D eigenvalue weighted by Gasteiger charge is 2.07. The summed E-state index contributed by atoms with van der Waals surface area (Å²) < 4.78 is 39.2. The zero-order chi connectivity index (χ0) is 16.9. The van der Waals surface area contributed by atoms with Gasteiger partial charge in [-0.25, -0.2) is 18.6 Å². The van der Waals surface area contributed by atoms with Gasteiger partial charge >= 0.3 is 5.43 Å². The quantitative estimate of drug-likeness (QED) is 0.539. The normalized spacial score (nSPS) is 12.0. The molecule has 0 N–H and O–H groups in total. The van der Waals surface area contributed by atoms with Gasteiger partial charge in [0.05, 0.1) is 6.07 Å². The summed E-state index contributed by atoms with van der Waals surface area (Å²) in [5.74, 6) is 0. The van der Waals surface area contributed by atoms with Crippen LogP contribution in [0.1, 0.15) is 0 Å². The van der Waals surface area contributed by atoms with Crippen molar-refractivity contribution in [3.8, 4) is 20.9 Å². The molecule has 1 aliphatic carbocycles. The molecule has 0 bridgehead atoms. The van der Waals surface area contributed by atoms with Crippen LogP contribution in [0.5, 0.6) is 0 Å². The van der Waals surface area contributed by atoms with Crippen molar-refractivity contribution in [1.82, 2.24) is 0 Å². The summed E-state index contributed by atoms with van der Waals surface area (Å²) in [5.41, 5.74) is 3.41. The van der Waals surface area contributed by atoms with Crippen molar-refractivity contribution in [1.29, 1.82) is 0 Å². The predicted octanol–water partition coefficient (Wildman–Crippen LogP) is -0.710. The van der Waals surface area contributed by atoms with Crippen LogP contribution in [-0.4, -0.2) is 7.11 Å². The fourth-order valence-electron chi connectivity index (χ4n) is 1.94. The Balaban J connectivity index is 0.000000338. The first kappa shape index (κ1) is 17.6. The second-order valence-electron chi connectivity index (χ2n) is 4.45. The third-order valence-electron chi connectivity index (χ3n) is 2.91. The summed E-state index contributed by atoms with van der Waals surface area (Å²) >= 11 is 1.79. The zero-order valence-corrected chi connectivity index (χ0v) is 13.7. The number of hydrogen-bond acceptors (Lipinski definition) is 5. The van der Waals surface area contributed by atoms with Crippen LogP contribution in [0.25, 0.3) is 20.9 Å². The summed E-state index contributed by atoms with van der Waals surface area (Å²) in [7, 11) is -3.24. The molecule has 7 heteroatoms. The first-order valence-corrected chi connectivity index (χ1v) is 8.50. The molecule has 0 aromatic heterocycles. The fourth-order valence-corrected chi connectivity index (χ4v) is 3.00. The SMILES string of the molecule is C[O+]=c1ccc2ccc(-c3ccccc3)sc-2c1.[O-][Cl+3]([O-])([O-])[O-]. The summed E-state index contributed by atoms with van der Waals surface area (Å²) in [6, 6.07) is 21.0.